The average molecular weight is 669 g/mol. The van der Waals surface area contributed by atoms with Crippen molar-refractivity contribution in [2.45, 2.75) is 0 Å². The highest BCUT2D eigenvalue weighted by molar-refractivity contribution is 6.21. The van der Waals surface area contributed by atoms with Gasteiger partial charge in [0.15, 0.2) is 0 Å². The number of rotatable bonds is 0. The van der Waals surface area contributed by atoms with E-state index in [1.165, 1.54) is 0 Å². The molecule has 0 spiro atoms. The van der Waals surface area contributed by atoms with Crippen molar-refractivity contribution in [3.05, 3.63) is 169 Å². The van der Waals surface area contributed by atoms with E-state index in [0.717, 1.165) is 111 Å². The van der Waals surface area contributed by atoms with Crippen LogP contribution in [0, 0.1) is 0 Å². The van der Waals surface area contributed by atoms with Crippen LogP contribution in [-0.4, -0.2) is 0 Å². The highest BCUT2D eigenvalue weighted by Gasteiger charge is 2.22. The predicted octanol–water partition coefficient (Wildman–Crippen LogP) is 14.0. The number of hydrogen-bond acceptors (Lipinski definition) is 4. The van der Waals surface area contributed by atoms with Crippen LogP contribution >= 0.6 is 0 Å². The van der Waals surface area contributed by atoms with Crippen LogP contribution < -0.4 is 0 Å². The fourth-order valence-corrected chi connectivity index (χ4v) is 7.95. The SMILES string of the molecule is C1=C\c2ccc(o2)-c2c3ccccc3c(c3ccccc23)-c2ccc(o2)/C=C\c2ccc(o2)-c2c3ccccc3c(c3ccccc23)-c2ccc/1o2. The molecule has 4 nitrogen and oxygen atoms in total. The first-order chi connectivity index (χ1) is 25.8. The summed E-state index contributed by atoms with van der Waals surface area (Å²) in [6, 6.07) is 50.1. The van der Waals surface area contributed by atoms with Gasteiger partial charge in [0.25, 0.3) is 0 Å². The van der Waals surface area contributed by atoms with Crippen molar-refractivity contribution in [1.29, 1.82) is 0 Å². The molecular weight excluding hydrogens is 641 g/mol. The lowest BCUT2D eigenvalue weighted by Crippen LogP contribution is -1.89. The molecule has 0 amide bonds. The van der Waals surface area contributed by atoms with Crippen molar-refractivity contribution >= 4 is 67.4 Å². The van der Waals surface area contributed by atoms with Crippen LogP contribution in [0.2, 0.25) is 0 Å². The van der Waals surface area contributed by atoms with E-state index in [0.29, 0.717) is 0 Å². The summed E-state index contributed by atoms with van der Waals surface area (Å²) in [5.74, 6) is 6.14. The molecule has 0 radical (unpaired) electrons. The first-order valence-electron chi connectivity index (χ1n) is 17.4. The van der Waals surface area contributed by atoms with Gasteiger partial charge >= 0.3 is 0 Å². The van der Waals surface area contributed by atoms with Crippen molar-refractivity contribution in [3.63, 3.8) is 0 Å². The lowest BCUT2D eigenvalue weighted by molar-refractivity contribution is 0.567. The van der Waals surface area contributed by atoms with E-state index in [1.807, 2.05) is 48.6 Å². The molecule has 11 rings (SSSR count). The second-order valence-electron chi connectivity index (χ2n) is 13.2. The molecule has 244 valence electrons. The van der Waals surface area contributed by atoms with E-state index in [-0.39, 0.29) is 0 Å². The lowest BCUT2D eigenvalue weighted by Gasteiger charge is -2.14. The van der Waals surface area contributed by atoms with Crippen LogP contribution in [0.25, 0.3) is 113 Å². The molecule has 1 aliphatic heterocycles. The molecule has 10 aromatic rings. The lowest BCUT2D eigenvalue weighted by atomic mass is 9.90. The summed E-state index contributed by atoms with van der Waals surface area (Å²) in [7, 11) is 0. The van der Waals surface area contributed by atoms with E-state index >= 15 is 0 Å². The maximum atomic E-state index is 6.57. The molecule has 12 bridgehead atoms. The van der Waals surface area contributed by atoms with Gasteiger partial charge in [-0.2, -0.15) is 0 Å². The molecule has 52 heavy (non-hydrogen) atoms. The molecule has 0 saturated heterocycles. The fraction of sp³-hybridized carbons (Fsp3) is 0. The molecule has 0 atom stereocenters. The van der Waals surface area contributed by atoms with Gasteiger partial charge in [0, 0.05) is 22.3 Å². The van der Waals surface area contributed by atoms with Crippen molar-refractivity contribution in [2.75, 3.05) is 0 Å². The summed E-state index contributed by atoms with van der Waals surface area (Å²) in [5.41, 5.74) is 4.19. The molecule has 0 aliphatic carbocycles. The minimum Gasteiger partial charge on any atom is -0.457 e. The van der Waals surface area contributed by atoms with Gasteiger partial charge in [0.1, 0.15) is 46.1 Å². The van der Waals surface area contributed by atoms with E-state index in [2.05, 4.69) is 121 Å². The Bertz CT molecular complexity index is 2550. The number of furan rings is 4. The molecule has 0 fully saturated rings. The van der Waals surface area contributed by atoms with Crippen LogP contribution in [0.5, 0.6) is 0 Å². The Hall–Kier alpha value is -7.04. The van der Waals surface area contributed by atoms with Crippen molar-refractivity contribution in [1.82, 2.24) is 0 Å². The van der Waals surface area contributed by atoms with Crippen LogP contribution in [0.4, 0.5) is 0 Å². The van der Waals surface area contributed by atoms with Gasteiger partial charge in [0.2, 0.25) is 0 Å². The molecule has 4 heteroatoms. The zero-order valence-corrected chi connectivity index (χ0v) is 27.8. The van der Waals surface area contributed by atoms with Crippen LogP contribution in [0.3, 0.4) is 0 Å². The molecular formula is C48H28O4. The van der Waals surface area contributed by atoms with Crippen LogP contribution in [0.15, 0.2) is 163 Å². The van der Waals surface area contributed by atoms with Gasteiger partial charge in [-0.05, 0) is 116 Å². The third-order valence-corrected chi connectivity index (χ3v) is 10.2. The van der Waals surface area contributed by atoms with Crippen molar-refractivity contribution < 1.29 is 17.7 Å². The fourth-order valence-electron chi connectivity index (χ4n) is 7.95. The standard InChI is InChI=1S/C48H28O4/c1-2-10-34-33(9-1)45-35-11-3-4-12-36(35)46(34)42-26-22-30(50-42)19-20-32-24-28-44(52-32)48-39-15-7-5-13-37(39)47(38-14-6-8-16-40(38)48)43-27-23-31(51-43)18-17-29-21-25-41(45)49-29/h1-28H/b18-17-,20-19-,29-17?,30-19?,31-18?,32-20?,45-41?,46-42?,47-43?,48-44?. The molecule has 6 aromatic carbocycles. The van der Waals surface area contributed by atoms with E-state index in [9.17, 15) is 0 Å². The van der Waals surface area contributed by atoms with Gasteiger partial charge in [-0.1, -0.05) is 97.1 Å². The third-order valence-electron chi connectivity index (χ3n) is 10.2. The summed E-state index contributed by atoms with van der Waals surface area (Å²) >= 11 is 0. The Balaban J connectivity index is 1.17. The van der Waals surface area contributed by atoms with Gasteiger partial charge in [-0.3, -0.25) is 0 Å². The zero-order chi connectivity index (χ0) is 34.2. The summed E-state index contributed by atoms with van der Waals surface area (Å²) in [4.78, 5) is 0. The molecule has 0 N–H and O–H groups in total. The highest BCUT2D eigenvalue weighted by atomic mass is 16.4. The number of hydrogen-bond donors (Lipinski definition) is 0. The highest BCUT2D eigenvalue weighted by Crippen LogP contribution is 2.46. The second-order valence-corrected chi connectivity index (χ2v) is 13.2. The van der Waals surface area contributed by atoms with E-state index in [1.54, 1.807) is 0 Å². The summed E-state index contributed by atoms with van der Waals surface area (Å²) in [6.07, 6.45) is 7.87. The quantitative estimate of drug-likeness (QED) is 0.151. The topological polar surface area (TPSA) is 52.6 Å². The minimum atomic E-state index is 0.736. The Morgan fingerprint density at radius 2 is 0.404 bits per heavy atom. The summed E-state index contributed by atoms with van der Waals surface area (Å²) in [6.45, 7) is 0. The average Bonchev–Trinajstić information content (AvgIpc) is 4.02. The molecule has 5 heterocycles. The molecule has 1 aliphatic rings. The van der Waals surface area contributed by atoms with Crippen LogP contribution in [0.1, 0.15) is 23.0 Å². The monoisotopic (exact) mass is 668 g/mol. The van der Waals surface area contributed by atoms with E-state index in [4.69, 9.17) is 17.7 Å². The smallest absolute Gasteiger partial charge is 0.136 e. The maximum Gasteiger partial charge on any atom is 0.136 e. The minimum absolute atomic E-state index is 0.736. The Labute approximate surface area is 298 Å². The Morgan fingerprint density at radius 1 is 0.212 bits per heavy atom. The Morgan fingerprint density at radius 3 is 0.596 bits per heavy atom. The van der Waals surface area contributed by atoms with Gasteiger partial charge in [-0.15, -0.1) is 0 Å². The van der Waals surface area contributed by atoms with Gasteiger partial charge < -0.3 is 17.7 Å². The third kappa shape index (κ3) is 4.41. The van der Waals surface area contributed by atoms with Crippen molar-refractivity contribution in [2.24, 2.45) is 0 Å². The first kappa shape index (κ1) is 28.8. The largest absolute Gasteiger partial charge is 0.457 e. The number of benzene rings is 6. The predicted molar refractivity (Wildman–Crippen MR) is 212 cm³/mol. The summed E-state index contributed by atoms with van der Waals surface area (Å²) in [5, 5.41) is 8.73. The van der Waals surface area contributed by atoms with Crippen LogP contribution in [-0.2, 0) is 0 Å². The second kappa shape index (κ2) is 11.2. The first-order valence-corrected chi connectivity index (χ1v) is 17.4. The number of fused-ring (bicyclic) bond motifs is 18. The Kier molecular flexibility index (Phi) is 6.22. The van der Waals surface area contributed by atoms with Gasteiger partial charge in [-0.25, -0.2) is 0 Å². The molecule has 0 unspecified atom stereocenters. The summed E-state index contributed by atoms with van der Waals surface area (Å²) < 4.78 is 26.3. The molecule has 4 aromatic heterocycles. The van der Waals surface area contributed by atoms with E-state index < -0.39 is 0 Å². The van der Waals surface area contributed by atoms with Gasteiger partial charge in [0.05, 0.1) is 0 Å². The normalized spacial score (nSPS) is 13.7. The van der Waals surface area contributed by atoms with Crippen molar-refractivity contribution in [3.8, 4) is 45.3 Å². The molecule has 0 saturated carbocycles. The zero-order valence-electron chi connectivity index (χ0n) is 27.8. The maximum absolute atomic E-state index is 6.57.